The van der Waals surface area contributed by atoms with Crippen LogP contribution in [0.15, 0.2) is 47.3 Å². The maximum absolute atomic E-state index is 15.2. The fraction of sp³-hybridized carbons (Fsp3) is 0.382. The predicted molar refractivity (Wildman–Crippen MR) is 173 cm³/mol. The van der Waals surface area contributed by atoms with E-state index in [1.807, 2.05) is 13.8 Å². The molecule has 0 unspecified atom stereocenters. The van der Waals surface area contributed by atoms with Gasteiger partial charge >= 0.3 is 12.1 Å². The Morgan fingerprint density at radius 1 is 1.02 bits per heavy atom. The van der Waals surface area contributed by atoms with Gasteiger partial charge in [-0.1, -0.05) is 26.0 Å². The number of hydrogen-bond donors (Lipinski definition) is 2. The summed E-state index contributed by atoms with van der Waals surface area (Å²) in [5.41, 5.74) is -2.33. The van der Waals surface area contributed by atoms with Crippen molar-refractivity contribution in [3.05, 3.63) is 75.6 Å². The highest BCUT2D eigenvalue weighted by Gasteiger charge is 2.43. The van der Waals surface area contributed by atoms with E-state index >= 15 is 8.78 Å². The fourth-order valence-corrected chi connectivity index (χ4v) is 5.57. The van der Waals surface area contributed by atoms with Crippen LogP contribution in [0.25, 0.3) is 28.0 Å². The quantitative estimate of drug-likeness (QED) is 0.0816. The van der Waals surface area contributed by atoms with Gasteiger partial charge in [-0.05, 0) is 82.1 Å². The number of benzene rings is 2. The second-order valence-electron chi connectivity index (χ2n) is 11.6. The summed E-state index contributed by atoms with van der Waals surface area (Å²) in [6.07, 6.45) is -2.59. The van der Waals surface area contributed by atoms with Gasteiger partial charge in [0.1, 0.15) is 17.3 Å². The molecule has 2 aromatic carbocycles. The Morgan fingerprint density at radius 3 is 2.33 bits per heavy atom. The predicted octanol–water partition coefficient (Wildman–Crippen LogP) is 5.93. The van der Waals surface area contributed by atoms with Gasteiger partial charge in [0.2, 0.25) is 5.95 Å². The first kappa shape index (κ1) is 35.4. The third-order valence-electron chi connectivity index (χ3n) is 8.45. The average Bonchev–Trinajstić information content (AvgIpc) is 3.03. The van der Waals surface area contributed by atoms with Gasteiger partial charge in [0, 0.05) is 29.6 Å². The van der Waals surface area contributed by atoms with Crippen LogP contribution in [-0.4, -0.2) is 69.7 Å². The number of carbonyl (C=O) groups excluding carboxylic acids is 2. The number of halogens is 5. The molecule has 1 saturated carbocycles. The van der Waals surface area contributed by atoms with E-state index in [2.05, 4.69) is 25.5 Å². The molecule has 0 saturated heterocycles. The molecule has 2 aromatic heterocycles. The van der Waals surface area contributed by atoms with Crippen molar-refractivity contribution in [3.8, 4) is 22.7 Å². The van der Waals surface area contributed by atoms with Crippen molar-refractivity contribution in [2.75, 3.05) is 31.5 Å². The van der Waals surface area contributed by atoms with Crippen LogP contribution < -0.4 is 20.9 Å². The molecule has 0 aliphatic heterocycles. The normalized spacial score (nSPS) is 13.4. The molecule has 10 nitrogen and oxygen atoms in total. The van der Waals surface area contributed by atoms with Crippen LogP contribution in [0.4, 0.5) is 27.9 Å². The minimum atomic E-state index is -5.42. The lowest BCUT2D eigenvalue weighted by Gasteiger charge is -2.27. The molecule has 2 heterocycles. The first-order chi connectivity index (χ1) is 23.3. The van der Waals surface area contributed by atoms with E-state index in [-0.39, 0.29) is 45.4 Å². The van der Waals surface area contributed by atoms with Gasteiger partial charge in [0.25, 0.3) is 11.5 Å². The van der Waals surface area contributed by atoms with Crippen molar-refractivity contribution >= 4 is 28.9 Å². The number of aromatic nitrogens is 3. The summed E-state index contributed by atoms with van der Waals surface area (Å²) in [4.78, 5) is 50.2. The summed E-state index contributed by atoms with van der Waals surface area (Å²) >= 11 is 0. The lowest BCUT2D eigenvalue weighted by molar-refractivity contribution is -0.189. The second-order valence-corrected chi connectivity index (χ2v) is 11.6. The van der Waals surface area contributed by atoms with E-state index in [0.29, 0.717) is 36.9 Å². The van der Waals surface area contributed by atoms with Gasteiger partial charge in [-0.25, -0.2) is 18.6 Å². The molecule has 4 aromatic rings. The van der Waals surface area contributed by atoms with E-state index in [4.69, 9.17) is 4.74 Å². The summed E-state index contributed by atoms with van der Waals surface area (Å²) in [6.45, 7) is 8.19. The minimum Gasteiger partial charge on any atom is -0.418 e. The Hall–Kier alpha value is -4.92. The number of nitrogens with one attached hydrogen (secondary N) is 2. The van der Waals surface area contributed by atoms with Crippen LogP contribution >= 0.6 is 0 Å². The Balaban J connectivity index is 1.77. The number of ether oxygens (including phenoxy) is 1. The lowest BCUT2D eigenvalue weighted by atomic mass is 9.92. The number of para-hydroxylation sites is 1. The minimum absolute atomic E-state index is 0.0279. The van der Waals surface area contributed by atoms with Gasteiger partial charge in [0.15, 0.2) is 11.4 Å². The summed E-state index contributed by atoms with van der Waals surface area (Å²) in [7, 11) is 0. The van der Waals surface area contributed by atoms with Crippen LogP contribution in [0.1, 0.15) is 55.5 Å². The van der Waals surface area contributed by atoms with Gasteiger partial charge in [0.05, 0.1) is 11.3 Å². The third-order valence-corrected chi connectivity index (χ3v) is 8.45. The molecule has 0 radical (unpaired) electrons. The zero-order chi connectivity index (χ0) is 35.5. The van der Waals surface area contributed by atoms with E-state index in [9.17, 15) is 27.6 Å². The van der Waals surface area contributed by atoms with E-state index < -0.39 is 46.7 Å². The third kappa shape index (κ3) is 7.56. The largest absolute Gasteiger partial charge is 0.491 e. The smallest absolute Gasteiger partial charge is 0.418 e. The molecule has 0 spiro atoms. The monoisotopic (exact) mass is 686 g/mol. The topological polar surface area (TPSA) is 118 Å². The molecular formula is C34H35F5N6O4. The van der Waals surface area contributed by atoms with E-state index in [1.54, 1.807) is 0 Å². The molecule has 0 atom stereocenters. The van der Waals surface area contributed by atoms with Crippen molar-refractivity contribution in [2.24, 2.45) is 0 Å². The highest BCUT2D eigenvalue weighted by Crippen LogP contribution is 2.40. The van der Waals surface area contributed by atoms with Crippen molar-refractivity contribution in [1.29, 1.82) is 0 Å². The molecule has 0 bridgehead atoms. The van der Waals surface area contributed by atoms with Crippen LogP contribution in [0.5, 0.6) is 5.75 Å². The van der Waals surface area contributed by atoms with E-state index in [0.717, 1.165) is 43.8 Å². The van der Waals surface area contributed by atoms with Crippen LogP contribution in [0.2, 0.25) is 0 Å². The number of amides is 1. The fourth-order valence-electron chi connectivity index (χ4n) is 5.57. The summed E-state index contributed by atoms with van der Waals surface area (Å²) in [5.74, 6) is -6.34. The number of alkyl halides is 3. The van der Waals surface area contributed by atoms with Crippen LogP contribution in [-0.2, 0) is 4.79 Å². The molecule has 1 aliphatic rings. The number of anilines is 1. The van der Waals surface area contributed by atoms with Gasteiger partial charge in [-0.15, -0.1) is 0 Å². The zero-order valence-corrected chi connectivity index (χ0v) is 27.1. The Bertz CT molecular complexity index is 1920. The summed E-state index contributed by atoms with van der Waals surface area (Å²) in [6, 6.07) is 7.78. The highest BCUT2D eigenvalue weighted by atomic mass is 19.4. The maximum Gasteiger partial charge on any atom is 0.491 e. The molecule has 2 N–H and O–H groups in total. The average molecular weight is 687 g/mol. The number of esters is 1. The molecule has 260 valence electrons. The van der Waals surface area contributed by atoms with E-state index in [1.165, 1.54) is 25.1 Å². The molecular weight excluding hydrogens is 651 g/mol. The van der Waals surface area contributed by atoms with Crippen molar-refractivity contribution < 1.29 is 36.3 Å². The molecule has 1 aliphatic carbocycles. The number of carbonyl (C=O) groups is 2. The Labute approximate surface area is 278 Å². The van der Waals surface area contributed by atoms with Gasteiger partial charge in [-0.3, -0.25) is 14.2 Å². The number of fused-ring (bicyclic) bond motifs is 1. The molecule has 49 heavy (non-hydrogen) atoms. The standard InChI is InChI=1S/C34H35F5N6O4/c1-4-44(5-2)18-8-17-40-33-42-27(21-15-16-25(46)45(30(21)43-33)28-23(35)11-7-12-24(28)36)26-19(3)13-14-22(31(47)41-20-9-6-10-20)29(26)49-32(48)34(37,38)39/h7,11-16,20H,4-6,8-10,17-18H2,1-3H3,(H,41,47)(H,40,42,43). The molecule has 15 heteroatoms. The Kier molecular flexibility index (Phi) is 10.6. The highest BCUT2D eigenvalue weighted by molar-refractivity contribution is 6.04. The number of aryl methyl sites for hydroxylation is 1. The van der Waals surface area contributed by atoms with Gasteiger partial charge in [-0.2, -0.15) is 18.2 Å². The zero-order valence-electron chi connectivity index (χ0n) is 27.1. The molecule has 1 fully saturated rings. The molecule has 1 amide bonds. The molecule has 5 rings (SSSR count). The summed E-state index contributed by atoms with van der Waals surface area (Å²) < 4.78 is 76.8. The second kappa shape index (κ2) is 14.7. The van der Waals surface area contributed by atoms with Crippen LogP contribution in [0, 0.1) is 18.6 Å². The number of pyridine rings is 1. The first-order valence-electron chi connectivity index (χ1n) is 15.9. The first-order valence-corrected chi connectivity index (χ1v) is 15.9. The Morgan fingerprint density at radius 2 is 1.71 bits per heavy atom. The maximum atomic E-state index is 15.2. The van der Waals surface area contributed by atoms with Crippen molar-refractivity contribution in [3.63, 3.8) is 0 Å². The number of rotatable bonds is 12. The number of hydrogen-bond acceptors (Lipinski definition) is 8. The van der Waals surface area contributed by atoms with Crippen molar-refractivity contribution in [1.82, 2.24) is 24.8 Å². The lowest BCUT2D eigenvalue weighted by Crippen LogP contribution is -2.40. The SMILES string of the molecule is CCN(CC)CCCNc1nc(-c2c(C)ccc(C(=O)NC3CCC3)c2OC(=O)C(F)(F)F)c2ccc(=O)n(-c3c(F)cccc3F)c2n1. The van der Waals surface area contributed by atoms with Crippen molar-refractivity contribution in [2.45, 2.75) is 58.7 Å². The van der Waals surface area contributed by atoms with Crippen LogP contribution in [0.3, 0.4) is 0 Å². The number of nitrogens with zero attached hydrogens (tertiary/aromatic N) is 4. The summed E-state index contributed by atoms with van der Waals surface area (Å²) in [5, 5.41) is 5.76. The van der Waals surface area contributed by atoms with Gasteiger partial charge < -0.3 is 20.3 Å².